The van der Waals surface area contributed by atoms with E-state index in [1.807, 2.05) is 6.92 Å². The molecule has 36 nitrogen and oxygen atoms in total. The molecule has 13 atom stereocenters. The minimum atomic E-state index is -1.65. The Morgan fingerprint density at radius 1 is 0.465 bits per heavy atom. The summed E-state index contributed by atoms with van der Waals surface area (Å²) in [5.74, 6) is -18.2. The molecule has 564 valence electrons. The minimum absolute atomic E-state index is 0.00292. The fourth-order valence-electron chi connectivity index (χ4n) is 16.2. The number of carboxylic acids is 11. The minimum Gasteiger partial charge on any atom is -0.481 e. The Labute approximate surface area is 581 Å². The molecule has 0 saturated heterocycles. The van der Waals surface area contributed by atoms with Crippen LogP contribution in [0.3, 0.4) is 0 Å². The van der Waals surface area contributed by atoms with Gasteiger partial charge in [0.2, 0.25) is 11.8 Å². The molecular formula is C65H97N9O27. The molecular weight excluding hydrogens is 1340 g/mol. The number of nitrogens with zero attached hydrogens (tertiary/aromatic N) is 6. The van der Waals surface area contributed by atoms with Gasteiger partial charge in [-0.25, -0.2) is 0 Å². The Morgan fingerprint density at radius 2 is 0.851 bits per heavy atom. The lowest BCUT2D eigenvalue weighted by Crippen LogP contribution is -2.63. The second-order valence-corrected chi connectivity index (χ2v) is 27.7. The van der Waals surface area contributed by atoms with E-state index in [2.05, 4.69) is 29.8 Å². The van der Waals surface area contributed by atoms with Gasteiger partial charge in [0.25, 0.3) is 5.91 Å². The number of carboxylic acid groups (broad SMARTS) is 11. The van der Waals surface area contributed by atoms with Crippen molar-refractivity contribution in [2.45, 2.75) is 135 Å². The number of carbonyl (C=O) groups excluding carboxylic acids is 3. The second kappa shape index (κ2) is 37.9. The average Bonchev–Trinajstić information content (AvgIpc) is 1.69. The zero-order valence-electron chi connectivity index (χ0n) is 56.8. The van der Waals surface area contributed by atoms with Crippen molar-refractivity contribution >= 4 is 94.8 Å². The zero-order chi connectivity index (χ0) is 75.4. The number of nitrogens with one attached hydrogen (secondary N) is 3. The van der Waals surface area contributed by atoms with Gasteiger partial charge in [-0.2, -0.15) is 0 Å². The molecule has 0 aliphatic heterocycles. The summed E-state index contributed by atoms with van der Waals surface area (Å²) in [4.78, 5) is 180. The first-order chi connectivity index (χ1) is 47.3. The quantitative estimate of drug-likeness (QED) is 0.0399. The molecule has 0 radical (unpaired) electrons. The summed E-state index contributed by atoms with van der Waals surface area (Å²) in [6, 6.07) is -0.0889. The Kier molecular flexibility index (Phi) is 31.2. The number of aliphatic hydroxyl groups is 2. The molecule has 5 rings (SSSR count). The standard InChI is InChI=1S/C65H97N9O27/c1-36(4-11-51(79)80)42-5-6-43-60-44(27-48(76)65(42,43)3)64(2)13-12-39(24-38(64)25-47(60)75)68-61(97)37-22-40(66-49(77)9-7-45(62(98)99)73(18-14-69(28-52(81)82)29-53(83)84)19-15-70(30-54(85)86)31-55(87)88)26-41(23-37)67-50(78)10-8-46(63(100)101)74(20-16-71(32-56(89)90)33-57(91)92)21-17-72(34-58(93)94)35-59(95)96/h22-23,26,36,38-39,42-48,60,75-76H,4-21,24-25,27-35H2,1-3H3,(H,66,77)(H,67,78)(H,68,97)(H,79,80)(H,81,82)(H,83,84)(H,85,86)(H,87,88)(H,89,90)(H,91,92)(H,93,94)(H,95,96)(H,98,99)(H,100,101)/t36?,38-,39+,42+,43?,44?,45-,46-,47+,48?,60?,64-,65+/m0/s1. The number of hydrogen-bond acceptors (Lipinski definition) is 22. The van der Waals surface area contributed by atoms with Crippen molar-refractivity contribution in [2.75, 3.05) is 115 Å². The highest BCUT2D eigenvalue weighted by Gasteiger charge is 2.66. The van der Waals surface area contributed by atoms with E-state index in [1.54, 1.807) is 0 Å². The van der Waals surface area contributed by atoms with Crippen LogP contribution in [0.5, 0.6) is 0 Å². The number of benzene rings is 1. The highest BCUT2D eigenvalue weighted by molar-refractivity contribution is 6.01. The molecule has 0 aromatic heterocycles. The topological polar surface area (TPSA) is 558 Å². The van der Waals surface area contributed by atoms with Crippen LogP contribution in [0.25, 0.3) is 0 Å². The van der Waals surface area contributed by atoms with Crippen LogP contribution in [0.15, 0.2) is 18.2 Å². The van der Waals surface area contributed by atoms with Crippen LogP contribution in [0.4, 0.5) is 11.4 Å². The second-order valence-electron chi connectivity index (χ2n) is 27.7. The van der Waals surface area contributed by atoms with Crippen LogP contribution in [0.1, 0.15) is 115 Å². The summed E-state index contributed by atoms with van der Waals surface area (Å²) >= 11 is 0. The van der Waals surface area contributed by atoms with Crippen molar-refractivity contribution in [3.05, 3.63) is 23.8 Å². The molecule has 101 heavy (non-hydrogen) atoms. The molecule has 3 amide bonds. The molecule has 4 aliphatic rings. The fourth-order valence-corrected chi connectivity index (χ4v) is 16.2. The van der Waals surface area contributed by atoms with Gasteiger partial charge in [-0.1, -0.05) is 20.8 Å². The van der Waals surface area contributed by atoms with Crippen molar-refractivity contribution in [3.8, 4) is 0 Å². The van der Waals surface area contributed by atoms with E-state index in [1.165, 1.54) is 28.0 Å². The number of carbonyl (C=O) groups is 14. The van der Waals surface area contributed by atoms with Gasteiger partial charge < -0.3 is 82.3 Å². The Morgan fingerprint density at radius 3 is 1.21 bits per heavy atom. The predicted molar refractivity (Wildman–Crippen MR) is 350 cm³/mol. The third kappa shape index (κ3) is 24.9. The molecule has 0 heterocycles. The summed E-state index contributed by atoms with van der Waals surface area (Å²) in [6.45, 7) is -3.23. The van der Waals surface area contributed by atoms with E-state index in [0.717, 1.165) is 32.4 Å². The van der Waals surface area contributed by atoms with E-state index in [0.29, 0.717) is 38.5 Å². The van der Waals surface area contributed by atoms with Gasteiger partial charge in [-0.05, 0) is 129 Å². The summed E-state index contributed by atoms with van der Waals surface area (Å²) in [5.41, 5.74) is -1.39. The van der Waals surface area contributed by atoms with Crippen LogP contribution in [0.2, 0.25) is 0 Å². The molecule has 1 aromatic carbocycles. The van der Waals surface area contributed by atoms with Crippen LogP contribution in [0, 0.1) is 46.3 Å². The van der Waals surface area contributed by atoms with Gasteiger partial charge in [0.1, 0.15) is 12.1 Å². The Hall–Kier alpha value is -8.52. The van der Waals surface area contributed by atoms with Crippen LogP contribution in [-0.4, -0.2) is 314 Å². The summed E-state index contributed by atoms with van der Waals surface area (Å²) in [7, 11) is 0. The number of aliphatic hydroxyl groups excluding tert-OH is 2. The van der Waals surface area contributed by atoms with Crippen LogP contribution >= 0.6 is 0 Å². The molecule has 4 fully saturated rings. The maximum Gasteiger partial charge on any atom is 0.320 e. The lowest BCUT2D eigenvalue weighted by molar-refractivity contribution is -0.202. The highest BCUT2D eigenvalue weighted by atomic mass is 16.4. The first-order valence-electron chi connectivity index (χ1n) is 33.5. The van der Waals surface area contributed by atoms with Gasteiger partial charge in [-0.3, -0.25) is 96.5 Å². The van der Waals surface area contributed by atoms with E-state index >= 15 is 0 Å². The number of aliphatic carboxylic acids is 11. The molecule has 0 bridgehead atoms. The lowest BCUT2D eigenvalue weighted by atomic mass is 9.43. The van der Waals surface area contributed by atoms with Crippen molar-refractivity contribution in [1.82, 2.24) is 34.7 Å². The molecule has 4 aliphatic carbocycles. The van der Waals surface area contributed by atoms with E-state index in [-0.39, 0.29) is 117 Å². The summed E-state index contributed by atoms with van der Waals surface area (Å²) in [5, 5.41) is 139. The zero-order valence-corrected chi connectivity index (χ0v) is 56.8. The molecule has 36 heteroatoms. The first kappa shape index (κ1) is 83.1. The Balaban J connectivity index is 1.45. The number of amides is 3. The van der Waals surface area contributed by atoms with Gasteiger partial charge >= 0.3 is 65.7 Å². The van der Waals surface area contributed by atoms with E-state index in [4.69, 9.17) is 0 Å². The number of rotatable bonds is 46. The fraction of sp³-hybridized carbons (Fsp3) is 0.692. The van der Waals surface area contributed by atoms with E-state index < -0.39 is 197 Å². The smallest absolute Gasteiger partial charge is 0.320 e. The number of anilines is 2. The third-order valence-corrected chi connectivity index (χ3v) is 20.9. The molecule has 4 saturated carbocycles. The highest BCUT2D eigenvalue weighted by Crippen LogP contribution is 2.68. The van der Waals surface area contributed by atoms with Crippen molar-refractivity contribution < 1.29 is 134 Å². The SMILES string of the molecule is CC(CCC(=O)O)[C@H]1CCC2C3C(CC(O)[C@@]21C)[C@@]1(C)CC[C@@H](NC(=O)c2cc(NC(=O)CC[C@@H](C(=O)O)N(CCN(CC(=O)O)CC(=O)O)CCN(CC(=O)O)CC(=O)O)cc(NC(=O)CC[C@@H](C(=O)O)N(CCN(CC(=O)O)CC(=O)O)CCN(CC(=O)O)CC(=O)O)c2)C[C@H]1C[C@H]3O. The molecule has 1 aromatic rings. The maximum atomic E-state index is 14.7. The molecule has 5 unspecified atom stereocenters. The first-order valence-corrected chi connectivity index (χ1v) is 33.5. The van der Waals surface area contributed by atoms with Gasteiger partial charge in [0.15, 0.2) is 0 Å². The average molecular weight is 1440 g/mol. The van der Waals surface area contributed by atoms with Gasteiger partial charge in [-0.15, -0.1) is 0 Å². The van der Waals surface area contributed by atoms with Crippen molar-refractivity contribution in [2.24, 2.45) is 46.3 Å². The molecule has 16 N–H and O–H groups in total. The number of fused-ring (bicyclic) bond motifs is 5. The Bertz CT molecular complexity index is 2890. The third-order valence-electron chi connectivity index (χ3n) is 20.9. The summed E-state index contributed by atoms with van der Waals surface area (Å²) in [6.07, 6.45) is 0.465. The maximum absolute atomic E-state index is 14.7. The molecule has 0 spiro atoms. The largest absolute Gasteiger partial charge is 0.481 e. The van der Waals surface area contributed by atoms with Crippen LogP contribution in [-0.2, 0) is 62.3 Å². The van der Waals surface area contributed by atoms with Gasteiger partial charge in [0, 0.05) is 94.6 Å². The lowest BCUT2D eigenvalue weighted by Gasteiger charge is -2.63. The van der Waals surface area contributed by atoms with E-state index in [9.17, 15) is 134 Å². The monoisotopic (exact) mass is 1440 g/mol. The summed E-state index contributed by atoms with van der Waals surface area (Å²) < 4.78 is 0. The van der Waals surface area contributed by atoms with Crippen LogP contribution < -0.4 is 16.0 Å². The normalized spacial score (nSPS) is 24.0. The van der Waals surface area contributed by atoms with Crippen molar-refractivity contribution in [1.29, 1.82) is 0 Å². The van der Waals surface area contributed by atoms with Gasteiger partial charge in [0.05, 0.1) is 64.6 Å². The number of hydrogen-bond donors (Lipinski definition) is 16. The predicted octanol–water partition coefficient (Wildman–Crippen LogP) is -0.281. The van der Waals surface area contributed by atoms with Crippen molar-refractivity contribution in [3.63, 3.8) is 0 Å².